The van der Waals surface area contributed by atoms with E-state index in [1.54, 1.807) is 19.2 Å². The van der Waals surface area contributed by atoms with Gasteiger partial charge in [-0.1, -0.05) is 85.8 Å². The van der Waals surface area contributed by atoms with E-state index in [2.05, 4.69) is 36.5 Å². The molecule has 4 rings (SSSR count). The summed E-state index contributed by atoms with van der Waals surface area (Å²) in [4.78, 5) is 11.3. The summed E-state index contributed by atoms with van der Waals surface area (Å²) in [5, 5.41) is 26.3. The summed E-state index contributed by atoms with van der Waals surface area (Å²) in [6.07, 6.45) is -0.114. The maximum atomic E-state index is 11.8. The largest absolute Gasteiger partial charge is 0.497 e. The Bertz CT molecular complexity index is 1330. The highest BCUT2D eigenvalue weighted by Crippen LogP contribution is 2.32. The highest BCUT2D eigenvalue weighted by Gasteiger charge is 2.23. The van der Waals surface area contributed by atoms with Crippen molar-refractivity contribution in [2.75, 3.05) is 13.7 Å². The van der Waals surface area contributed by atoms with Crippen molar-refractivity contribution in [1.29, 1.82) is 0 Å². The molecule has 39 heavy (non-hydrogen) atoms. The Balaban J connectivity index is 1.46. The van der Waals surface area contributed by atoms with E-state index in [0.29, 0.717) is 5.56 Å². The van der Waals surface area contributed by atoms with E-state index in [4.69, 9.17) is 9.47 Å². The lowest BCUT2D eigenvalue weighted by Gasteiger charge is -2.27. The van der Waals surface area contributed by atoms with Crippen LogP contribution in [0.15, 0.2) is 103 Å². The lowest BCUT2D eigenvalue weighted by molar-refractivity contribution is -0.386. The number of hydrogen-bond acceptors (Lipinski definition) is 6. The molecule has 3 atom stereocenters. The van der Waals surface area contributed by atoms with Crippen molar-refractivity contribution in [3.63, 3.8) is 0 Å². The second kappa shape index (κ2) is 13.6. The molecule has 0 aromatic heterocycles. The van der Waals surface area contributed by atoms with Crippen LogP contribution in [-0.2, 0) is 13.0 Å². The first-order chi connectivity index (χ1) is 18.9. The van der Waals surface area contributed by atoms with Crippen LogP contribution in [0.1, 0.15) is 41.3 Å². The third-order valence-electron chi connectivity index (χ3n) is 6.78. The van der Waals surface area contributed by atoms with Crippen LogP contribution < -0.4 is 14.8 Å². The number of ether oxygens (including phenoxy) is 2. The second-order valence-corrected chi connectivity index (χ2v) is 9.60. The molecular formula is C32H34N2O5. The number of nitro groups is 1. The van der Waals surface area contributed by atoms with Gasteiger partial charge in [0.25, 0.3) is 0 Å². The number of nitrogens with zero attached hydrogens (tertiary/aromatic N) is 1. The van der Waals surface area contributed by atoms with Gasteiger partial charge in [-0.15, -0.1) is 0 Å². The summed E-state index contributed by atoms with van der Waals surface area (Å²) in [5.74, 6) is 1.19. The summed E-state index contributed by atoms with van der Waals surface area (Å²) >= 11 is 0. The normalized spacial score (nSPS) is 13.3. The number of hydrogen-bond donors (Lipinski definition) is 2. The van der Waals surface area contributed by atoms with Crippen LogP contribution in [0, 0.1) is 16.0 Å². The molecule has 0 spiro atoms. The molecule has 0 radical (unpaired) electrons. The number of nitro benzene ring substituents is 1. The predicted octanol–water partition coefficient (Wildman–Crippen LogP) is 6.43. The molecule has 7 nitrogen and oxygen atoms in total. The van der Waals surface area contributed by atoms with Crippen molar-refractivity contribution in [3.8, 4) is 11.5 Å². The lowest BCUT2D eigenvalue weighted by atomic mass is 9.89. The molecule has 0 heterocycles. The highest BCUT2D eigenvalue weighted by molar-refractivity contribution is 5.49. The third-order valence-corrected chi connectivity index (χ3v) is 6.78. The van der Waals surface area contributed by atoms with Gasteiger partial charge in [-0.2, -0.15) is 0 Å². The zero-order chi connectivity index (χ0) is 27.6. The fourth-order valence-electron chi connectivity index (χ4n) is 4.66. The molecule has 0 aliphatic heterocycles. The molecule has 4 aromatic rings. The van der Waals surface area contributed by atoms with E-state index in [1.165, 1.54) is 11.6 Å². The van der Waals surface area contributed by atoms with Gasteiger partial charge in [-0.05, 0) is 52.8 Å². The van der Waals surface area contributed by atoms with Crippen molar-refractivity contribution in [2.24, 2.45) is 5.92 Å². The van der Waals surface area contributed by atoms with E-state index in [-0.39, 0.29) is 36.5 Å². The SMILES string of the molecule is COc1ccc(CC(C)[C@@H](NC[C@H](O)c2ccc(OCc3ccccc3)c([N+](=O)[O-])c2)c2ccccc2)cc1. The zero-order valence-corrected chi connectivity index (χ0v) is 22.2. The molecule has 0 amide bonds. The van der Waals surface area contributed by atoms with Crippen molar-refractivity contribution < 1.29 is 19.5 Å². The van der Waals surface area contributed by atoms with Crippen molar-refractivity contribution >= 4 is 5.69 Å². The average molecular weight is 527 g/mol. The fraction of sp³-hybridized carbons (Fsp3) is 0.250. The maximum Gasteiger partial charge on any atom is 0.311 e. The number of nitrogens with one attached hydrogen (secondary N) is 1. The van der Waals surface area contributed by atoms with Crippen molar-refractivity contribution in [1.82, 2.24) is 5.32 Å². The summed E-state index contributed by atoms with van der Waals surface area (Å²) in [6.45, 7) is 2.62. The van der Waals surface area contributed by atoms with E-state index in [1.807, 2.05) is 60.7 Å². The predicted molar refractivity (Wildman–Crippen MR) is 152 cm³/mol. The summed E-state index contributed by atoms with van der Waals surface area (Å²) < 4.78 is 11.0. The van der Waals surface area contributed by atoms with Gasteiger partial charge in [0.1, 0.15) is 12.4 Å². The van der Waals surface area contributed by atoms with Gasteiger partial charge >= 0.3 is 5.69 Å². The first-order valence-electron chi connectivity index (χ1n) is 13.0. The van der Waals surface area contributed by atoms with Crippen molar-refractivity contribution in [3.05, 3.63) is 135 Å². The molecule has 0 aliphatic carbocycles. The van der Waals surface area contributed by atoms with Crippen molar-refractivity contribution in [2.45, 2.75) is 32.1 Å². The number of methoxy groups -OCH3 is 1. The third kappa shape index (κ3) is 7.66. The Hall–Kier alpha value is -4.20. The second-order valence-electron chi connectivity index (χ2n) is 9.60. The highest BCUT2D eigenvalue weighted by atomic mass is 16.6. The van der Waals surface area contributed by atoms with Crippen LogP contribution in [0.2, 0.25) is 0 Å². The van der Waals surface area contributed by atoms with Crippen LogP contribution in [-0.4, -0.2) is 23.7 Å². The van der Waals surface area contributed by atoms with E-state index < -0.39 is 11.0 Å². The quantitative estimate of drug-likeness (QED) is 0.154. The molecule has 0 fully saturated rings. The maximum absolute atomic E-state index is 11.8. The van der Waals surface area contributed by atoms with Gasteiger partial charge in [0, 0.05) is 18.7 Å². The Kier molecular flexibility index (Phi) is 9.67. The summed E-state index contributed by atoms with van der Waals surface area (Å²) in [5.41, 5.74) is 3.50. The van der Waals surface area contributed by atoms with Crippen LogP contribution >= 0.6 is 0 Å². The number of aliphatic hydroxyl groups is 1. The smallest absolute Gasteiger partial charge is 0.311 e. The number of rotatable bonds is 13. The molecule has 7 heteroatoms. The van der Waals surface area contributed by atoms with Gasteiger partial charge in [0.05, 0.1) is 18.1 Å². The molecule has 0 aliphatic rings. The average Bonchev–Trinajstić information content (AvgIpc) is 2.97. The van der Waals surface area contributed by atoms with Gasteiger partial charge in [-0.3, -0.25) is 10.1 Å². The molecule has 0 bridgehead atoms. The topological polar surface area (TPSA) is 93.9 Å². The Morgan fingerprint density at radius 2 is 1.54 bits per heavy atom. The van der Waals surface area contributed by atoms with E-state index in [0.717, 1.165) is 23.3 Å². The molecule has 202 valence electrons. The lowest BCUT2D eigenvalue weighted by Crippen LogP contribution is -2.31. The van der Waals surface area contributed by atoms with Gasteiger partial charge in [-0.25, -0.2) is 0 Å². The number of benzene rings is 4. The van der Waals surface area contributed by atoms with Crippen LogP contribution in [0.3, 0.4) is 0 Å². The minimum Gasteiger partial charge on any atom is -0.497 e. The molecular weight excluding hydrogens is 492 g/mol. The fourth-order valence-corrected chi connectivity index (χ4v) is 4.66. The van der Waals surface area contributed by atoms with Gasteiger partial charge in [0.15, 0.2) is 5.75 Å². The molecule has 4 aromatic carbocycles. The van der Waals surface area contributed by atoms with Gasteiger partial charge < -0.3 is 19.9 Å². The Morgan fingerprint density at radius 1 is 0.872 bits per heavy atom. The minimum absolute atomic E-state index is 0.0357. The van der Waals surface area contributed by atoms with Crippen LogP contribution in [0.25, 0.3) is 0 Å². The standard InChI is InChI=1S/C32H34N2O5/c1-23(19-24-13-16-28(38-2)17-14-24)32(26-11-7-4-8-12-26)33-21-30(35)27-15-18-31(29(20-27)34(36)37)39-22-25-9-5-3-6-10-25/h3-18,20,23,30,32-33,35H,19,21-22H2,1-2H3/t23?,30-,32+/m0/s1. The molecule has 2 N–H and O–H groups in total. The molecule has 0 saturated carbocycles. The zero-order valence-electron chi connectivity index (χ0n) is 22.2. The minimum atomic E-state index is -0.939. The number of aliphatic hydroxyl groups excluding tert-OH is 1. The first kappa shape index (κ1) is 27.8. The monoisotopic (exact) mass is 526 g/mol. The summed E-state index contributed by atoms with van der Waals surface area (Å²) in [7, 11) is 1.65. The Labute approximate surface area is 229 Å². The molecule has 0 saturated heterocycles. The van der Waals surface area contributed by atoms with Crippen LogP contribution in [0.4, 0.5) is 5.69 Å². The van der Waals surface area contributed by atoms with Crippen LogP contribution in [0.5, 0.6) is 11.5 Å². The van der Waals surface area contributed by atoms with E-state index >= 15 is 0 Å². The summed E-state index contributed by atoms with van der Waals surface area (Å²) in [6, 6.07) is 32.2. The van der Waals surface area contributed by atoms with E-state index in [9.17, 15) is 15.2 Å². The Morgan fingerprint density at radius 3 is 2.18 bits per heavy atom. The first-order valence-corrected chi connectivity index (χ1v) is 13.0. The van der Waals surface area contributed by atoms with Gasteiger partial charge in [0.2, 0.25) is 0 Å². The molecule has 1 unspecified atom stereocenters.